The van der Waals surface area contributed by atoms with E-state index >= 15 is 0 Å². The molecule has 2 heteroatoms. The molecule has 2 nitrogen and oxygen atoms in total. The summed E-state index contributed by atoms with van der Waals surface area (Å²) >= 11 is 0. The van der Waals surface area contributed by atoms with Crippen molar-refractivity contribution < 1.29 is 9.47 Å². The maximum absolute atomic E-state index is 5.85. The largest absolute Gasteiger partial charge is 0.347 e. The summed E-state index contributed by atoms with van der Waals surface area (Å²) in [6.45, 7) is 8.46. The minimum atomic E-state index is -0.215. The van der Waals surface area contributed by atoms with E-state index in [2.05, 4.69) is 20.8 Å². The van der Waals surface area contributed by atoms with E-state index in [0.29, 0.717) is 5.92 Å². The second-order valence-electron chi connectivity index (χ2n) is 5.20. The van der Waals surface area contributed by atoms with Gasteiger partial charge in [0.2, 0.25) is 0 Å². The monoisotopic (exact) mass is 198 g/mol. The van der Waals surface area contributed by atoms with Crippen LogP contribution in [0.4, 0.5) is 0 Å². The smallest absolute Gasteiger partial charge is 0.171 e. The Labute approximate surface area is 87.0 Å². The highest BCUT2D eigenvalue weighted by Gasteiger charge is 2.46. The average molecular weight is 198 g/mol. The molecular weight excluding hydrogens is 176 g/mol. The van der Waals surface area contributed by atoms with Crippen LogP contribution in [0.1, 0.15) is 40.0 Å². The summed E-state index contributed by atoms with van der Waals surface area (Å²) in [5.74, 6) is 1.89. The Balaban J connectivity index is 2.06. The van der Waals surface area contributed by atoms with Gasteiger partial charge in [0, 0.05) is 12.3 Å². The number of hydrogen-bond acceptors (Lipinski definition) is 2. The molecule has 1 saturated carbocycles. The zero-order valence-corrected chi connectivity index (χ0v) is 9.58. The lowest BCUT2D eigenvalue weighted by Gasteiger charge is -2.42. The molecule has 1 aliphatic carbocycles. The van der Waals surface area contributed by atoms with Crippen molar-refractivity contribution in [1.29, 1.82) is 0 Å². The van der Waals surface area contributed by atoms with E-state index in [4.69, 9.17) is 9.47 Å². The summed E-state index contributed by atoms with van der Waals surface area (Å²) in [7, 11) is 0. The van der Waals surface area contributed by atoms with Gasteiger partial charge in [-0.25, -0.2) is 0 Å². The third-order valence-corrected chi connectivity index (χ3v) is 3.99. The Hall–Kier alpha value is -0.0800. The topological polar surface area (TPSA) is 18.5 Å². The Bertz CT molecular complexity index is 194. The predicted molar refractivity (Wildman–Crippen MR) is 56.0 cm³/mol. The van der Waals surface area contributed by atoms with Gasteiger partial charge in [-0.05, 0) is 24.7 Å². The molecule has 2 aliphatic rings. The summed E-state index contributed by atoms with van der Waals surface area (Å²) in [5.41, 5.74) is 0. The molecule has 0 radical (unpaired) electrons. The average Bonchev–Trinajstić information content (AvgIpc) is 2.59. The Morgan fingerprint density at radius 2 is 1.79 bits per heavy atom. The number of hydrogen-bond donors (Lipinski definition) is 0. The Kier molecular flexibility index (Phi) is 2.85. The van der Waals surface area contributed by atoms with Gasteiger partial charge in [-0.2, -0.15) is 0 Å². The van der Waals surface area contributed by atoms with E-state index in [-0.39, 0.29) is 5.79 Å². The van der Waals surface area contributed by atoms with Gasteiger partial charge in [-0.3, -0.25) is 0 Å². The minimum absolute atomic E-state index is 0.215. The summed E-state index contributed by atoms with van der Waals surface area (Å²) in [6, 6.07) is 0. The lowest BCUT2D eigenvalue weighted by atomic mass is 9.74. The van der Waals surface area contributed by atoms with Crippen molar-refractivity contribution in [3.8, 4) is 0 Å². The van der Waals surface area contributed by atoms with Gasteiger partial charge in [-0.1, -0.05) is 20.8 Å². The quantitative estimate of drug-likeness (QED) is 0.645. The van der Waals surface area contributed by atoms with Gasteiger partial charge in [0.05, 0.1) is 13.2 Å². The van der Waals surface area contributed by atoms with Gasteiger partial charge >= 0.3 is 0 Å². The summed E-state index contributed by atoms with van der Waals surface area (Å²) in [6.07, 6.45) is 3.70. The molecule has 1 heterocycles. The third kappa shape index (κ3) is 1.70. The van der Waals surface area contributed by atoms with Crippen molar-refractivity contribution in [3.63, 3.8) is 0 Å². The molecule has 0 aromatic carbocycles. The highest BCUT2D eigenvalue weighted by Crippen LogP contribution is 2.44. The van der Waals surface area contributed by atoms with E-state index in [1.54, 1.807) is 0 Å². The molecule has 1 aliphatic heterocycles. The first-order chi connectivity index (χ1) is 6.64. The summed E-state index contributed by atoms with van der Waals surface area (Å²) in [4.78, 5) is 0. The van der Waals surface area contributed by atoms with Crippen molar-refractivity contribution in [3.05, 3.63) is 0 Å². The molecule has 1 spiro atoms. The molecule has 2 unspecified atom stereocenters. The number of ether oxygens (including phenoxy) is 2. The van der Waals surface area contributed by atoms with Crippen LogP contribution in [-0.4, -0.2) is 19.0 Å². The van der Waals surface area contributed by atoms with E-state index in [1.165, 1.54) is 12.8 Å². The lowest BCUT2D eigenvalue weighted by molar-refractivity contribution is -0.220. The van der Waals surface area contributed by atoms with Crippen LogP contribution in [0.3, 0.4) is 0 Å². The molecule has 1 saturated heterocycles. The first-order valence-corrected chi connectivity index (χ1v) is 5.92. The fourth-order valence-corrected chi connectivity index (χ4v) is 2.79. The van der Waals surface area contributed by atoms with E-state index < -0.39 is 0 Å². The molecule has 0 aromatic rings. The fraction of sp³-hybridized carbons (Fsp3) is 1.00. The molecule has 2 rings (SSSR count). The normalized spacial score (nSPS) is 36.9. The Morgan fingerprint density at radius 3 is 2.36 bits per heavy atom. The van der Waals surface area contributed by atoms with Crippen LogP contribution in [0.2, 0.25) is 0 Å². The SMILES string of the molecule is CC(C)C1CCC(C)C2(C1)OCCO2. The second-order valence-corrected chi connectivity index (χ2v) is 5.20. The van der Waals surface area contributed by atoms with Gasteiger partial charge in [0.25, 0.3) is 0 Å². The highest BCUT2D eigenvalue weighted by molar-refractivity contribution is 4.88. The van der Waals surface area contributed by atoms with Crippen molar-refractivity contribution >= 4 is 0 Å². The second kappa shape index (κ2) is 3.82. The van der Waals surface area contributed by atoms with Crippen molar-refractivity contribution in [2.45, 2.75) is 45.8 Å². The van der Waals surface area contributed by atoms with Crippen LogP contribution in [-0.2, 0) is 9.47 Å². The van der Waals surface area contributed by atoms with Crippen LogP contribution < -0.4 is 0 Å². The van der Waals surface area contributed by atoms with Gasteiger partial charge in [0.15, 0.2) is 5.79 Å². The Morgan fingerprint density at radius 1 is 1.14 bits per heavy atom. The predicted octanol–water partition coefficient (Wildman–Crippen LogP) is 2.82. The molecule has 0 bridgehead atoms. The third-order valence-electron chi connectivity index (χ3n) is 3.99. The minimum Gasteiger partial charge on any atom is -0.347 e. The molecule has 14 heavy (non-hydrogen) atoms. The molecule has 82 valence electrons. The summed E-state index contributed by atoms with van der Waals surface area (Å²) < 4.78 is 11.7. The van der Waals surface area contributed by atoms with Crippen molar-refractivity contribution in [2.75, 3.05) is 13.2 Å². The first kappa shape index (κ1) is 10.4. The molecular formula is C12H22O2. The van der Waals surface area contributed by atoms with E-state index in [9.17, 15) is 0 Å². The number of rotatable bonds is 1. The molecule has 0 aromatic heterocycles. The lowest BCUT2D eigenvalue weighted by Crippen LogP contribution is -2.44. The van der Waals surface area contributed by atoms with Crippen LogP contribution in [0, 0.1) is 17.8 Å². The first-order valence-electron chi connectivity index (χ1n) is 5.92. The molecule has 2 fully saturated rings. The van der Waals surface area contributed by atoms with Crippen molar-refractivity contribution in [1.82, 2.24) is 0 Å². The van der Waals surface area contributed by atoms with Gasteiger partial charge < -0.3 is 9.47 Å². The van der Waals surface area contributed by atoms with Gasteiger partial charge in [0.1, 0.15) is 0 Å². The van der Waals surface area contributed by atoms with Crippen molar-refractivity contribution in [2.24, 2.45) is 17.8 Å². The molecule has 2 atom stereocenters. The summed E-state index contributed by atoms with van der Waals surface area (Å²) in [5, 5.41) is 0. The molecule has 0 N–H and O–H groups in total. The van der Waals surface area contributed by atoms with Crippen LogP contribution in [0.25, 0.3) is 0 Å². The zero-order valence-electron chi connectivity index (χ0n) is 9.58. The maximum Gasteiger partial charge on any atom is 0.171 e. The standard InChI is InChI=1S/C12H22O2/c1-9(2)11-5-4-10(3)12(8-11)13-6-7-14-12/h9-11H,4-8H2,1-3H3. The van der Waals surface area contributed by atoms with Crippen LogP contribution in [0.15, 0.2) is 0 Å². The zero-order chi connectivity index (χ0) is 10.2. The molecule has 0 amide bonds. The highest BCUT2D eigenvalue weighted by atomic mass is 16.7. The van der Waals surface area contributed by atoms with E-state index in [1.807, 2.05) is 0 Å². The maximum atomic E-state index is 5.85. The van der Waals surface area contributed by atoms with Crippen LogP contribution >= 0.6 is 0 Å². The fourth-order valence-electron chi connectivity index (χ4n) is 2.79. The van der Waals surface area contributed by atoms with Crippen LogP contribution in [0.5, 0.6) is 0 Å². The van der Waals surface area contributed by atoms with E-state index in [0.717, 1.165) is 31.5 Å². The van der Waals surface area contributed by atoms with Gasteiger partial charge in [-0.15, -0.1) is 0 Å².